The number of halogens is 1. The number of Topliss-reactive ketones (excluding diaryl/α,β-unsaturated/α-hetero) is 1. The van der Waals surface area contributed by atoms with Crippen LogP contribution in [0.15, 0.2) is 30.3 Å². The number of nitrogens with zero attached hydrogens (tertiary/aromatic N) is 1. The van der Waals surface area contributed by atoms with Crippen LogP contribution in [0.4, 0.5) is 4.79 Å². The van der Waals surface area contributed by atoms with Crippen LogP contribution < -0.4 is 0 Å². The SMILES string of the molecule is CC(=O)C(Cc1ccccc1)N(C)C(=O)I. The Morgan fingerprint density at radius 2 is 1.88 bits per heavy atom. The molecule has 1 atom stereocenters. The molecule has 0 aliphatic rings. The van der Waals surface area contributed by atoms with Crippen molar-refractivity contribution in [3.8, 4) is 0 Å². The van der Waals surface area contributed by atoms with Gasteiger partial charge in [0.05, 0.1) is 6.04 Å². The summed E-state index contributed by atoms with van der Waals surface area (Å²) < 4.78 is -0.117. The van der Waals surface area contributed by atoms with Crippen molar-refractivity contribution in [1.29, 1.82) is 0 Å². The van der Waals surface area contributed by atoms with Crippen LogP contribution in [0.3, 0.4) is 0 Å². The topological polar surface area (TPSA) is 37.4 Å². The molecule has 86 valence electrons. The fourth-order valence-electron chi connectivity index (χ4n) is 1.51. The molecule has 0 aromatic heterocycles. The number of carbonyl (C=O) groups is 2. The summed E-state index contributed by atoms with van der Waals surface area (Å²) in [5.74, 6) is 0.0105. The van der Waals surface area contributed by atoms with E-state index in [1.807, 2.05) is 30.3 Å². The monoisotopic (exact) mass is 331 g/mol. The quantitative estimate of drug-likeness (QED) is 0.483. The summed E-state index contributed by atoms with van der Waals surface area (Å²) in [5, 5.41) is 0. The highest BCUT2D eigenvalue weighted by molar-refractivity contribution is 14.1. The van der Waals surface area contributed by atoms with Crippen LogP contribution in [0.1, 0.15) is 12.5 Å². The number of rotatable bonds is 4. The maximum Gasteiger partial charge on any atom is 0.283 e. The third-order valence-corrected chi connectivity index (χ3v) is 3.25. The van der Waals surface area contributed by atoms with Gasteiger partial charge in [-0.3, -0.25) is 9.59 Å². The molecule has 1 amide bonds. The van der Waals surface area contributed by atoms with Crippen LogP contribution in [-0.4, -0.2) is 27.7 Å². The first kappa shape index (κ1) is 13.2. The molecule has 0 N–H and O–H groups in total. The highest BCUT2D eigenvalue weighted by Gasteiger charge is 2.22. The van der Waals surface area contributed by atoms with Crippen molar-refractivity contribution in [2.24, 2.45) is 0 Å². The van der Waals surface area contributed by atoms with E-state index in [4.69, 9.17) is 0 Å². The average molecular weight is 331 g/mol. The van der Waals surface area contributed by atoms with Gasteiger partial charge in [0.15, 0.2) is 5.78 Å². The Bertz CT molecular complexity index is 378. The Kier molecular flexibility index (Phi) is 4.92. The molecule has 1 aromatic rings. The molecular weight excluding hydrogens is 317 g/mol. The molecule has 0 aliphatic carbocycles. The van der Waals surface area contributed by atoms with Gasteiger partial charge in [-0.15, -0.1) is 0 Å². The molecule has 0 spiro atoms. The molecule has 0 bridgehead atoms. The maximum absolute atomic E-state index is 11.5. The number of hydrogen-bond acceptors (Lipinski definition) is 2. The first-order valence-corrected chi connectivity index (χ1v) is 6.07. The third kappa shape index (κ3) is 3.59. The second-order valence-electron chi connectivity index (χ2n) is 3.68. The summed E-state index contributed by atoms with van der Waals surface area (Å²) in [6.45, 7) is 1.52. The Balaban J connectivity index is 2.81. The van der Waals surface area contributed by atoms with E-state index in [1.165, 1.54) is 11.8 Å². The molecule has 0 heterocycles. The zero-order valence-corrected chi connectivity index (χ0v) is 11.5. The van der Waals surface area contributed by atoms with Gasteiger partial charge in [-0.2, -0.15) is 0 Å². The molecule has 0 saturated heterocycles. The minimum Gasteiger partial charge on any atom is -0.327 e. The number of carbonyl (C=O) groups excluding carboxylic acids is 2. The van der Waals surface area contributed by atoms with E-state index in [0.717, 1.165) is 5.56 Å². The lowest BCUT2D eigenvalue weighted by Gasteiger charge is -2.24. The first-order chi connectivity index (χ1) is 7.52. The first-order valence-electron chi connectivity index (χ1n) is 4.99. The Labute approximate surface area is 109 Å². The zero-order chi connectivity index (χ0) is 12.1. The lowest BCUT2D eigenvalue weighted by molar-refractivity contribution is -0.120. The van der Waals surface area contributed by atoms with Gasteiger partial charge < -0.3 is 4.90 Å². The molecule has 1 unspecified atom stereocenters. The molecular formula is C12H14INO2. The smallest absolute Gasteiger partial charge is 0.283 e. The molecule has 0 radical (unpaired) electrons. The Morgan fingerprint density at radius 3 is 2.31 bits per heavy atom. The predicted octanol–water partition coefficient (Wildman–Crippen LogP) is 2.67. The normalized spacial score (nSPS) is 11.9. The Morgan fingerprint density at radius 1 is 1.31 bits per heavy atom. The van der Waals surface area contributed by atoms with Gasteiger partial charge in [-0.05, 0) is 18.9 Å². The van der Waals surface area contributed by atoms with E-state index in [9.17, 15) is 9.59 Å². The van der Waals surface area contributed by atoms with E-state index in [1.54, 1.807) is 29.6 Å². The van der Waals surface area contributed by atoms with Crippen molar-refractivity contribution in [2.45, 2.75) is 19.4 Å². The lowest BCUT2D eigenvalue weighted by Crippen LogP contribution is -2.40. The van der Waals surface area contributed by atoms with Crippen LogP contribution in [0, 0.1) is 0 Å². The predicted molar refractivity (Wildman–Crippen MR) is 71.8 cm³/mol. The van der Waals surface area contributed by atoms with E-state index in [-0.39, 0.29) is 15.7 Å². The molecule has 1 aromatic carbocycles. The van der Waals surface area contributed by atoms with Crippen LogP contribution in [0.2, 0.25) is 0 Å². The van der Waals surface area contributed by atoms with Gasteiger partial charge in [-0.25, -0.2) is 0 Å². The van der Waals surface area contributed by atoms with Crippen molar-refractivity contribution in [1.82, 2.24) is 4.90 Å². The van der Waals surface area contributed by atoms with Crippen molar-refractivity contribution in [3.05, 3.63) is 35.9 Å². The highest BCUT2D eigenvalue weighted by atomic mass is 127. The van der Waals surface area contributed by atoms with Gasteiger partial charge in [0.1, 0.15) is 0 Å². The summed E-state index contributed by atoms with van der Waals surface area (Å²) in [6, 6.07) is 9.34. The van der Waals surface area contributed by atoms with Crippen LogP contribution in [0.25, 0.3) is 0 Å². The minimum atomic E-state index is -0.369. The lowest BCUT2D eigenvalue weighted by atomic mass is 10.0. The van der Waals surface area contributed by atoms with Crippen LogP contribution in [-0.2, 0) is 11.2 Å². The Hall–Kier alpha value is -0.910. The summed E-state index contributed by atoms with van der Waals surface area (Å²) in [4.78, 5) is 24.2. The van der Waals surface area contributed by atoms with Crippen molar-refractivity contribution < 1.29 is 9.59 Å². The highest BCUT2D eigenvalue weighted by Crippen LogP contribution is 2.11. The largest absolute Gasteiger partial charge is 0.327 e. The number of likely N-dealkylation sites (N-methyl/N-ethyl adjacent to an activating group) is 1. The van der Waals surface area contributed by atoms with Crippen molar-refractivity contribution in [2.75, 3.05) is 7.05 Å². The standard InChI is InChI=1S/C12H14INO2/c1-9(15)11(14(2)12(13)16)8-10-6-4-3-5-7-10/h3-7,11H,8H2,1-2H3. The van der Waals surface area contributed by atoms with E-state index in [2.05, 4.69) is 0 Å². The minimum absolute atomic E-state index is 0.0105. The van der Waals surface area contributed by atoms with Gasteiger partial charge >= 0.3 is 0 Å². The molecule has 0 saturated carbocycles. The van der Waals surface area contributed by atoms with Gasteiger partial charge in [-0.1, -0.05) is 30.3 Å². The van der Waals surface area contributed by atoms with Gasteiger partial charge in [0.25, 0.3) is 3.91 Å². The number of hydrogen-bond donors (Lipinski definition) is 0. The number of amides is 1. The molecule has 4 heteroatoms. The summed E-state index contributed by atoms with van der Waals surface area (Å²) >= 11 is 1.69. The second kappa shape index (κ2) is 5.98. The van der Waals surface area contributed by atoms with Crippen molar-refractivity contribution >= 4 is 32.3 Å². The van der Waals surface area contributed by atoms with Gasteiger partial charge in [0.2, 0.25) is 0 Å². The second-order valence-corrected chi connectivity index (χ2v) is 4.60. The van der Waals surface area contributed by atoms with Crippen LogP contribution >= 0.6 is 22.6 Å². The summed E-state index contributed by atoms with van der Waals surface area (Å²) in [7, 11) is 1.66. The van der Waals surface area contributed by atoms with E-state index >= 15 is 0 Å². The maximum atomic E-state index is 11.5. The van der Waals surface area contributed by atoms with E-state index in [0.29, 0.717) is 6.42 Å². The molecule has 0 fully saturated rings. The van der Waals surface area contributed by atoms with Crippen molar-refractivity contribution in [3.63, 3.8) is 0 Å². The number of benzene rings is 1. The number of ketones is 1. The fourth-order valence-corrected chi connectivity index (χ4v) is 1.85. The average Bonchev–Trinajstić information content (AvgIpc) is 2.26. The molecule has 3 nitrogen and oxygen atoms in total. The molecule has 0 aliphatic heterocycles. The van der Waals surface area contributed by atoms with Crippen LogP contribution in [0.5, 0.6) is 0 Å². The molecule has 16 heavy (non-hydrogen) atoms. The van der Waals surface area contributed by atoms with E-state index < -0.39 is 0 Å². The van der Waals surface area contributed by atoms with Gasteiger partial charge in [0, 0.05) is 29.6 Å². The third-order valence-electron chi connectivity index (χ3n) is 2.49. The fraction of sp³-hybridized carbons (Fsp3) is 0.333. The summed E-state index contributed by atoms with van der Waals surface area (Å²) in [5.41, 5.74) is 1.06. The zero-order valence-electron chi connectivity index (χ0n) is 9.31. The molecule has 1 rings (SSSR count). The summed E-state index contributed by atoms with van der Waals surface area (Å²) in [6.07, 6.45) is 0.571.